The minimum absolute atomic E-state index is 0.0167. The van der Waals surface area contributed by atoms with Crippen molar-refractivity contribution in [2.75, 3.05) is 24.8 Å². The van der Waals surface area contributed by atoms with Gasteiger partial charge in [-0.2, -0.15) is 9.61 Å². The lowest BCUT2D eigenvalue weighted by Gasteiger charge is -2.11. The molecule has 4 aromatic heterocycles. The first-order valence-corrected chi connectivity index (χ1v) is 10.4. The largest absolute Gasteiger partial charge is 0.379 e. The number of amides is 1. The summed E-state index contributed by atoms with van der Waals surface area (Å²) >= 11 is 0. The second-order valence-corrected chi connectivity index (χ2v) is 7.57. The Bertz CT molecular complexity index is 1380. The topological polar surface area (TPSA) is 127 Å². The third-order valence-corrected chi connectivity index (χ3v) is 5.43. The Morgan fingerprint density at radius 2 is 2.12 bits per heavy atom. The number of aromatic nitrogens is 5. The molecule has 0 bridgehead atoms. The molecule has 0 radical (unpaired) electrons. The van der Waals surface area contributed by atoms with Crippen molar-refractivity contribution in [1.82, 2.24) is 29.5 Å². The van der Waals surface area contributed by atoms with Gasteiger partial charge in [-0.15, -0.1) is 0 Å². The summed E-state index contributed by atoms with van der Waals surface area (Å²) in [5.74, 6) is 1.22. The quantitative estimate of drug-likeness (QED) is 0.390. The van der Waals surface area contributed by atoms with E-state index in [4.69, 9.17) is 4.74 Å². The fourth-order valence-corrected chi connectivity index (χ4v) is 3.60. The van der Waals surface area contributed by atoms with E-state index in [1.807, 2.05) is 6.07 Å². The maximum atomic E-state index is 13.0. The molecule has 5 rings (SSSR count). The molecular formula is C22H22N8O3. The highest BCUT2D eigenvalue weighted by atomic mass is 16.5. The molecule has 0 spiro atoms. The van der Waals surface area contributed by atoms with E-state index >= 15 is 0 Å². The highest BCUT2D eigenvalue weighted by Gasteiger charge is 2.39. The third-order valence-electron chi connectivity index (χ3n) is 5.43. The van der Waals surface area contributed by atoms with Gasteiger partial charge in [0.1, 0.15) is 28.7 Å². The van der Waals surface area contributed by atoms with Gasteiger partial charge >= 0.3 is 0 Å². The van der Waals surface area contributed by atoms with Gasteiger partial charge in [0, 0.05) is 32.6 Å². The number of nitrogens with one attached hydrogen (secondary N) is 3. The number of ether oxygens (including phenoxy) is 1. The molecule has 0 aromatic carbocycles. The first-order chi connectivity index (χ1) is 16.1. The molecule has 1 fully saturated rings. The number of methoxy groups -OCH3 is 1. The summed E-state index contributed by atoms with van der Waals surface area (Å²) in [5, 5.41) is 13.3. The predicted octanol–water partition coefficient (Wildman–Crippen LogP) is 1.58. The Kier molecular flexibility index (Phi) is 5.23. The van der Waals surface area contributed by atoms with Crippen LogP contribution < -0.4 is 21.5 Å². The highest BCUT2D eigenvalue weighted by Crippen LogP contribution is 2.26. The van der Waals surface area contributed by atoms with Crippen LogP contribution >= 0.6 is 0 Å². The Morgan fingerprint density at radius 3 is 2.85 bits per heavy atom. The first-order valence-electron chi connectivity index (χ1n) is 10.4. The molecule has 0 saturated heterocycles. The molecule has 3 N–H and O–H groups in total. The van der Waals surface area contributed by atoms with Gasteiger partial charge in [0.2, 0.25) is 0 Å². The van der Waals surface area contributed by atoms with Crippen molar-refractivity contribution in [3.05, 3.63) is 70.9 Å². The van der Waals surface area contributed by atoms with Gasteiger partial charge in [0.05, 0.1) is 18.3 Å². The van der Waals surface area contributed by atoms with Crippen LogP contribution in [0.15, 0.2) is 59.8 Å². The van der Waals surface area contributed by atoms with Crippen molar-refractivity contribution in [3.8, 4) is 5.82 Å². The number of anilines is 3. The lowest BCUT2D eigenvalue weighted by atomic mass is 10.3. The number of rotatable bonds is 7. The van der Waals surface area contributed by atoms with Crippen LogP contribution in [-0.4, -0.2) is 56.4 Å². The van der Waals surface area contributed by atoms with Crippen LogP contribution in [-0.2, 0) is 4.74 Å². The Morgan fingerprint density at radius 1 is 1.24 bits per heavy atom. The molecule has 4 aromatic rings. The van der Waals surface area contributed by atoms with Gasteiger partial charge in [-0.25, -0.2) is 9.97 Å². The van der Waals surface area contributed by atoms with Crippen LogP contribution in [0.1, 0.15) is 16.8 Å². The average Bonchev–Trinajstić information content (AvgIpc) is 3.45. The van der Waals surface area contributed by atoms with Crippen molar-refractivity contribution >= 4 is 28.9 Å². The Balaban J connectivity index is 1.49. The summed E-state index contributed by atoms with van der Waals surface area (Å²) in [7, 11) is 3.36. The zero-order valence-corrected chi connectivity index (χ0v) is 18.0. The molecular weight excluding hydrogens is 424 g/mol. The van der Waals surface area contributed by atoms with E-state index in [9.17, 15) is 9.59 Å². The first kappa shape index (κ1) is 20.6. The van der Waals surface area contributed by atoms with Crippen molar-refractivity contribution in [2.45, 2.75) is 18.6 Å². The summed E-state index contributed by atoms with van der Waals surface area (Å²) in [5.41, 5.74) is 0.719. The van der Waals surface area contributed by atoms with E-state index in [-0.39, 0.29) is 23.6 Å². The molecule has 2 atom stereocenters. The van der Waals surface area contributed by atoms with Gasteiger partial charge in [-0.3, -0.25) is 14.2 Å². The summed E-state index contributed by atoms with van der Waals surface area (Å²) in [4.78, 5) is 34.6. The standard InChI is InChI=1S/C22H22N8O3/c1-23-19-11-17(26-14-6-5-9-29(22(14)32)18-7-3-4-8-24-18)28-20-13(12-25-30(19)20)21(31)27-15-10-16(15)33-2/h3-9,11-12,15-16,23H,10H2,1-2H3,(H,26,28)(H,27,31)/t15?,16-/m0/s1. The summed E-state index contributed by atoms with van der Waals surface area (Å²) in [6.45, 7) is 0. The molecule has 1 amide bonds. The van der Waals surface area contributed by atoms with Crippen LogP contribution in [0.3, 0.4) is 0 Å². The molecule has 33 heavy (non-hydrogen) atoms. The number of carbonyl (C=O) groups excluding carboxylic acids is 1. The van der Waals surface area contributed by atoms with E-state index in [0.29, 0.717) is 34.4 Å². The van der Waals surface area contributed by atoms with E-state index < -0.39 is 0 Å². The van der Waals surface area contributed by atoms with E-state index in [1.165, 1.54) is 15.3 Å². The predicted molar refractivity (Wildman–Crippen MR) is 122 cm³/mol. The van der Waals surface area contributed by atoms with Crippen LogP contribution in [0.2, 0.25) is 0 Å². The fraction of sp³-hybridized carbons (Fsp3) is 0.227. The molecule has 1 unspecified atom stereocenters. The summed E-state index contributed by atoms with van der Waals surface area (Å²) in [6.07, 6.45) is 5.56. The highest BCUT2D eigenvalue weighted by molar-refractivity contribution is 6.00. The lowest BCUT2D eigenvalue weighted by molar-refractivity contribution is 0.0936. The smallest absolute Gasteiger partial charge is 0.279 e. The van der Waals surface area contributed by atoms with Crippen LogP contribution in [0, 0.1) is 0 Å². The minimum Gasteiger partial charge on any atom is -0.379 e. The molecule has 11 heteroatoms. The summed E-state index contributed by atoms with van der Waals surface area (Å²) < 4.78 is 8.23. The zero-order valence-electron chi connectivity index (χ0n) is 18.0. The zero-order chi connectivity index (χ0) is 22.9. The molecule has 11 nitrogen and oxygen atoms in total. The van der Waals surface area contributed by atoms with Crippen LogP contribution in [0.25, 0.3) is 11.5 Å². The van der Waals surface area contributed by atoms with Crippen molar-refractivity contribution in [3.63, 3.8) is 0 Å². The summed E-state index contributed by atoms with van der Waals surface area (Å²) in [6, 6.07) is 10.4. The minimum atomic E-state index is -0.283. The Labute approximate surface area is 188 Å². The number of hydrogen-bond acceptors (Lipinski definition) is 8. The maximum Gasteiger partial charge on any atom is 0.279 e. The van der Waals surface area contributed by atoms with Gasteiger partial charge in [0.15, 0.2) is 5.65 Å². The normalized spacial score (nSPS) is 17.0. The SMILES string of the molecule is CNc1cc(Nc2cccn(-c3ccccn3)c2=O)nc2c(C(=O)NC3C[C@@H]3OC)cnn12. The van der Waals surface area contributed by atoms with Crippen molar-refractivity contribution in [1.29, 1.82) is 0 Å². The number of nitrogens with zero attached hydrogens (tertiary/aromatic N) is 5. The maximum absolute atomic E-state index is 13.0. The van der Waals surface area contributed by atoms with Crippen LogP contribution in [0.5, 0.6) is 0 Å². The number of pyridine rings is 2. The van der Waals surface area contributed by atoms with Gasteiger partial charge in [0.25, 0.3) is 11.5 Å². The van der Waals surface area contributed by atoms with Crippen molar-refractivity contribution < 1.29 is 9.53 Å². The molecule has 0 aliphatic heterocycles. The molecule has 1 aliphatic rings. The van der Waals surface area contributed by atoms with Gasteiger partial charge < -0.3 is 20.7 Å². The van der Waals surface area contributed by atoms with Gasteiger partial charge in [-0.1, -0.05) is 6.07 Å². The second kappa shape index (κ2) is 8.36. The van der Waals surface area contributed by atoms with E-state index in [0.717, 1.165) is 6.42 Å². The fourth-order valence-electron chi connectivity index (χ4n) is 3.60. The molecule has 1 aliphatic carbocycles. The van der Waals surface area contributed by atoms with E-state index in [2.05, 4.69) is 31.0 Å². The molecule has 168 valence electrons. The lowest BCUT2D eigenvalue weighted by Crippen LogP contribution is -2.28. The Hall–Kier alpha value is -4.25. The number of carbonyl (C=O) groups is 1. The molecule has 4 heterocycles. The molecule has 1 saturated carbocycles. The number of fused-ring (bicyclic) bond motifs is 1. The van der Waals surface area contributed by atoms with Crippen LogP contribution in [0.4, 0.5) is 17.3 Å². The third kappa shape index (κ3) is 3.89. The van der Waals surface area contributed by atoms with E-state index in [1.54, 1.807) is 56.9 Å². The van der Waals surface area contributed by atoms with Crippen molar-refractivity contribution in [2.24, 2.45) is 0 Å². The second-order valence-electron chi connectivity index (χ2n) is 7.57. The monoisotopic (exact) mass is 446 g/mol. The average molecular weight is 446 g/mol. The number of hydrogen-bond donors (Lipinski definition) is 3. The van der Waals surface area contributed by atoms with Gasteiger partial charge in [-0.05, 0) is 30.7 Å².